The number of hydrogen-bond donors (Lipinski definition) is 4. The van der Waals surface area contributed by atoms with Gasteiger partial charge in [0.25, 0.3) is 0 Å². The predicted octanol–water partition coefficient (Wildman–Crippen LogP) is 6.06. The molecule has 6 rings (SSSR count). The van der Waals surface area contributed by atoms with Gasteiger partial charge in [-0.3, -0.25) is 9.59 Å². The molecule has 4 aromatic rings. The van der Waals surface area contributed by atoms with Crippen molar-refractivity contribution in [2.24, 2.45) is 5.92 Å². The van der Waals surface area contributed by atoms with E-state index in [0.29, 0.717) is 18.9 Å². The molecule has 0 aliphatic carbocycles. The normalized spacial score (nSPS) is 16.8. The molecule has 16 heteroatoms. The predicted molar refractivity (Wildman–Crippen MR) is 214 cm³/mol. The first-order chi connectivity index (χ1) is 26.5. The molecule has 4 N–H and O–H groups in total. The number of benzene rings is 2. The van der Waals surface area contributed by atoms with Crippen LogP contribution in [-0.2, 0) is 25.6 Å². The van der Waals surface area contributed by atoms with Gasteiger partial charge in [0.2, 0.25) is 11.8 Å². The van der Waals surface area contributed by atoms with Crippen LogP contribution in [0.25, 0.3) is 33.6 Å². The Morgan fingerprint density at radius 2 is 1.47 bits per heavy atom. The summed E-state index contributed by atoms with van der Waals surface area (Å²) in [6, 6.07) is 15.5. The smallest absolute Gasteiger partial charge is 0.407 e. The highest BCUT2D eigenvalue weighted by atomic mass is 32.2. The Balaban J connectivity index is 1.09. The highest BCUT2D eigenvalue weighted by Gasteiger charge is 2.38. The first-order valence-corrected chi connectivity index (χ1v) is 20.3. The second-order valence-corrected chi connectivity index (χ2v) is 17.5. The van der Waals surface area contributed by atoms with Crippen molar-refractivity contribution in [2.75, 3.05) is 45.4 Å². The van der Waals surface area contributed by atoms with E-state index in [-0.39, 0.29) is 40.9 Å². The molecule has 2 aliphatic rings. The number of likely N-dealkylation sites (tertiary alicyclic amines) is 1. The number of nitrogens with one attached hydrogen (secondary N) is 4. The molecule has 2 aromatic carbocycles. The molecular formula is C39H48N8O6S2. The minimum Gasteiger partial charge on any atom is -0.453 e. The van der Waals surface area contributed by atoms with Gasteiger partial charge in [-0.15, -0.1) is 23.5 Å². The van der Waals surface area contributed by atoms with Crippen molar-refractivity contribution in [3.05, 3.63) is 72.6 Å². The number of nitrogens with zero attached hydrogens (tertiary/aromatic N) is 4. The van der Waals surface area contributed by atoms with Crippen LogP contribution in [0.2, 0.25) is 0 Å². The lowest BCUT2D eigenvalue weighted by Crippen LogP contribution is -2.51. The molecule has 2 aliphatic heterocycles. The summed E-state index contributed by atoms with van der Waals surface area (Å²) >= 11 is 3.68. The molecule has 14 nitrogen and oxygen atoms in total. The van der Waals surface area contributed by atoms with Crippen molar-refractivity contribution in [1.82, 2.24) is 40.4 Å². The van der Waals surface area contributed by atoms with Crippen molar-refractivity contribution in [3.8, 4) is 33.6 Å². The molecule has 0 radical (unpaired) electrons. The van der Waals surface area contributed by atoms with Gasteiger partial charge >= 0.3 is 12.2 Å². The molecule has 0 spiro atoms. The molecular weight excluding hydrogens is 741 g/mol. The van der Waals surface area contributed by atoms with Crippen LogP contribution in [0.5, 0.6) is 0 Å². The third kappa shape index (κ3) is 9.65. The number of H-pyrrole nitrogens is 2. The van der Waals surface area contributed by atoms with Crippen LogP contribution in [-0.4, -0.2) is 109 Å². The molecule has 4 amide bonds. The number of thioether (sulfide) groups is 2. The van der Waals surface area contributed by atoms with Crippen LogP contribution in [0.4, 0.5) is 9.59 Å². The van der Waals surface area contributed by atoms with Crippen molar-refractivity contribution in [3.63, 3.8) is 0 Å². The third-order valence-electron chi connectivity index (χ3n) is 9.83. The van der Waals surface area contributed by atoms with Crippen LogP contribution < -0.4 is 10.6 Å². The number of hydrogen-bond acceptors (Lipinski definition) is 10. The standard InChI is InChI=1S/C39H48N8O6S2/c1-24(2)34(45-38(51)53-5)36(49)47-16-6-7-31(47)35-41-20-30(44-35)28-14-10-26(11-15-28)25-8-12-27(13-9-25)29-19-40-32(43-29)22-46(23-39(3)54-17-18-55-39)33(48)21-42-37(50)52-4/h8-15,19-20,24,31,34H,6-7,16-18,21-23H2,1-5H3,(H,40,43)(H,41,44)(H,42,50)(H,45,51). The van der Waals surface area contributed by atoms with Crippen LogP contribution >= 0.6 is 23.5 Å². The maximum Gasteiger partial charge on any atom is 0.407 e. The van der Waals surface area contributed by atoms with E-state index < -0.39 is 18.2 Å². The average Bonchev–Trinajstić information content (AvgIpc) is 4.03. The van der Waals surface area contributed by atoms with Crippen LogP contribution in [0.1, 0.15) is 51.3 Å². The molecule has 2 aromatic heterocycles. The molecule has 55 heavy (non-hydrogen) atoms. The number of methoxy groups -OCH3 is 2. The van der Waals surface area contributed by atoms with Crippen molar-refractivity contribution in [1.29, 1.82) is 0 Å². The van der Waals surface area contributed by atoms with E-state index in [9.17, 15) is 19.2 Å². The minimum absolute atomic E-state index is 0.105. The Morgan fingerprint density at radius 3 is 2.07 bits per heavy atom. The van der Waals surface area contributed by atoms with Crippen LogP contribution in [0.3, 0.4) is 0 Å². The second kappa shape index (κ2) is 17.7. The largest absolute Gasteiger partial charge is 0.453 e. The lowest BCUT2D eigenvalue weighted by atomic mass is 10.0. The Labute approximate surface area is 329 Å². The Kier molecular flexibility index (Phi) is 12.8. The van der Waals surface area contributed by atoms with E-state index in [1.807, 2.05) is 61.6 Å². The fourth-order valence-electron chi connectivity index (χ4n) is 6.86. The van der Waals surface area contributed by atoms with Gasteiger partial charge in [0, 0.05) is 24.6 Å². The van der Waals surface area contributed by atoms with E-state index >= 15 is 0 Å². The summed E-state index contributed by atoms with van der Waals surface area (Å²) in [6.45, 7) is 7.18. The number of carbonyl (C=O) groups is 4. The number of aromatic nitrogens is 4. The van der Waals surface area contributed by atoms with Crippen molar-refractivity contribution >= 4 is 47.5 Å². The summed E-state index contributed by atoms with van der Waals surface area (Å²) in [5, 5.41) is 5.19. The van der Waals surface area contributed by atoms with E-state index in [0.717, 1.165) is 63.8 Å². The molecule has 2 saturated heterocycles. The summed E-state index contributed by atoms with van der Waals surface area (Å²) in [4.78, 5) is 69.9. The summed E-state index contributed by atoms with van der Waals surface area (Å²) in [5.74, 6) is 2.98. The quantitative estimate of drug-likeness (QED) is 0.125. The number of ether oxygens (including phenoxy) is 2. The number of carbonyl (C=O) groups excluding carboxylic acids is 4. The molecule has 4 heterocycles. The second-order valence-electron chi connectivity index (χ2n) is 14.1. The van der Waals surface area contributed by atoms with Gasteiger partial charge in [0.1, 0.15) is 24.2 Å². The third-order valence-corrected chi connectivity index (χ3v) is 13.1. The Hall–Kier alpha value is -4.96. The topological polar surface area (TPSA) is 175 Å². The molecule has 0 bridgehead atoms. The van der Waals surface area contributed by atoms with E-state index in [1.165, 1.54) is 14.2 Å². The number of amides is 4. The molecule has 2 fully saturated rings. The number of rotatable bonds is 13. The van der Waals surface area contributed by atoms with Crippen molar-refractivity contribution in [2.45, 2.75) is 56.3 Å². The Bertz CT molecular complexity index is 1960. The van der Waals surface area contributed by atoms with Gasteiger partial charge in [-0.25, -0.2) is 19.6 Å². The summed E-state index contributed by atoms with van der Waals surface area (Å²) in [5.41, 5.74) is 5.73. The zero-order chi connectivity index (χ0) is 39.1. The summed E-state index contributed by atoms with van der Waals surface area (Å²) < 4.78 is 9.26. The van der Waals surface area contributed by atoms with Gasteiger partial charge in [0.05, 0.1) is 54.7 Å². The lowest BCUT2D eigenvalue weighted by molar-refractivity contribution is -0.135. The summed E-state index contributed by atoms with van der Waals surface area (Å²) in [6.07, 6.45) is 3.93. The van der Waals surface area contributed by atoms with Crippen LogP contribution in [0, 0.1) is 5.92 Å². The maximum atomic E-state index is 13.5. The highest BCUT2D eigenvalue weighted by molar-refractivity contribution is 8.21. The van der Waals surface area contributed by atoms with Gasteiger partial charge in [-0.05, 0) is 47.9 Å². The van der Waals surface area contributed by atoms with E-state index in [4.69, 9.17) is 4.74 Å². The molecule has 0 saturated carbocycles. The van der Waals surface area contributed by atoms with Gasteiger partial charge in [-0.2, -0.15) is 0 Å². The SMILES string of the molecule is COC(=O)NCC(=O)N(Cc1ncc(-c2ccc(-c3ccc(-c4cnc(C5CCCN5C(=O)C(NC(=O)OC)C(C)C)[nH]4)cc3)cc2)[nH]1)CC1(C)SCCS1. The number of aromatic amines is 2. The van der Waals surface area contributed by atoms with E-state index in [1.54, 1.807) is 22.2 Å². The van der Waals surface area contributed by atoms with Crippen molar-refractivity contribution < 1.29 is 28.7 Å². The summed E-state index contributed by atoms with van der Waals surface area (Å²) in [7, 11) is 2.56. The average molecular weight is 789 g/mol. The first-order valence-electron chi connectivity index (χ1n) is 18.3. The van der Waals surface area contributed by atoms with Gasteiger partial charge in [0.15, 0.2) is 0 Å². The maximum absolute atomic E-state index is 13.5. The first kappa shape index (κ1) is 39.7. The van der Waals surface area contributed by atoms with Gasteiger partial charge in [-0.1, -0.05) is 62.4 Å². The van der Waals surface area contributed by atoms with Gasteiger partial charge < -0.3 is 39.9 Å². The Morgan fingerprint density at radius 1 is 0.891 bits per heavy atom. The highest BCUT2D eigenvalue weighted by Crippen LogP contribution is 2.44. The fourth-order valence-corrected chi connectivity index (χ4v) is 9.72. The molecule has 2 unspecified atom stereocenters. The van der Waals surface area contributed by atoms with E-state index in [2.05, 4.69) is 66.5 Å². The lowest BCUT2D eigenvalue weighted by Gasteiger charge is -2.31. The minimum atomic E-state index is -0.688. The molecule has 2 atom stereocenters. The number of imidazole rings is 2. The zero-order valence-electron chi connectivity index (χ0n) is 31.7. The monoisotopic (exact) mass is 788 g/mol. The van der Waals surface area contributed by atoms with Crippen LogP contribution in [0.15, 0.2) is 60.9 Å². The number of alkyl carbamates (subject to hydrolysis) is 2. The zero-order valence-corrected chi connectivity index (χ0v) is 33.4. The fraction of sp³-hybridized carbons (Fsp3) is 0.436. The molecule has 292 valence electrons.